The third-order valence-corrected chi connectivity index (χ3v) is 4.68. The highest BCUT2D eigenvalue weighted by molar-refractivity contribution is 5.79. The summed E-state index contributed by atoms with van der Waals surface area (Å²) >= 11 is 0. The molecule has 0 bridgehead atoms. The summed E-state index contributed by atoms with van der Waals surface area (Å²) in [7, 11) is 3.28. The quantitative estimate of drug-likeness (QED) is 0.477. The maximum atomic E-state index is 11.5. The van der Waals surface area contributed by atoms with Gasteiger partial charge in [-0.15, -0.1) is 0 Å². The standard InChI is InChI=1S/C23H30N4O4/c1-18-5-4-6-19(13-18)16-24-17-20-14-21(27-7-9-29-10-8-27)15-22(25-20)30-11-12-31-23(28)26(2)3/h4-6,13-16H,7-12,17H2,1-3H3. The molecule has 8 nitrogen and oxygen atoms in total. The smallest absolute Gasteiger partial charge is 0.409 e. The van der Waals surface area contributed by atoms with Crippen molar-refractivity contribution in [2.75, 3.05) is 58.5 Å². The van der Waals surface area contributed by atoms with E-state index in [-0.39, 0.29) is 13.2 Å². The van der Waals surface area contributed by atoms with E-state index < -0.39 is 6.09 Å². The summed E-state index contributed by atoms with van der Waals surface area (Å²) < 4.78 is 16.3. The van der Waals surface area contributed by atoms with Crippen LogP contribution in [0, 0.1) is 6.92 Å². The number of hydrogen-bond acceptors (Lipinski definition) is 7. The lowest BCUT2D eigenvalue weighted by Crippen LogP contribution is -2.36. The molecule has 0 atom stereocenters. The zero-order valence-corrected chi connectivity index (χ0v) is 18.4. The van der Waals surface area contributed by atoms with E-state index in [4.69, 9.17) is 14.2 Å². The van der Waals surface area contributed by atoms with E-state index in [1.165, 1.54) is 10.5 Å². The van der Waals surface area contributed by atoms with Crippen LogP contribution in [0.25, 0.3) is 0 Å². The molecule has 2 heterocycles. The Labute approximate surface area is 183 Å². The van der Waals surface area contributed by atoms with Gasteiger partial charge < -0.3 is 24.0 Å². The minimum Gasteiger partial charge on any atom is -0.474 e. The lowest BCUT2D eigenvalue weighted by atomic mass is 10.1. The number of aliphatic imine (C=N–C) groups is 1. The summed E-state index contributed by atoms with van der Waals surface area (Å²) in [5.74, 6) is 0.491. The summed E-state index contributed by atoms with van der Waals surface area (Å²) in [4.78, 5) is 24.3. The van der Waals surface area contributed by atoms with Crippen molar-refractivity contribution in [3.63, 3.8) is 0 Å². The van der Waals surface area contributed by atoms with Gasteiger partial charge in [-0.2, -0.15) is 0 Å². The lowest BCUT2D eigenvalue weighted by molar-refractivity contribution is 0.101. The van der Waals surface area contributed by atoms with Crippen LogP contribution in [0.4, 0.5) is 10.5 Å². The van der Waals surface area contributed by atoms with Crippen LogP contribution in [-0.4, -0.2) is 75.8 Å². The molecule has 31 heavy (non-hydrogen) atoms. The Morgan fingerprint density at radius 2 is 2.03 bits per heavy atom. The van der Waals surface area contributed by atoms with E-state index in [0.29, 0.717) is 25.6 Å². The minimum absolute atomic E-state index is 0.154. The summed E-state index contributed by atoms with van der Waals surface area (Å²) in [6, 6.07) is 12.1. The van der Waals surface area contributed by atoms with Crippen molar-refractivity contribution in [2.24, 2.45) is 4.99 Å². The van der Waals surface area contributed by atoms with Gasteiger partial charge in [0.25, 0.3) is 0 Å². The van der Waals surface area contributed by atoms with Gasteiger partial charge in [-0.05, 0) is 18.6 Å². The van der Waals surface area contributed by atoms with Crippen molar-refractivity contribution < 1.29 is 19.0 Å². The average Bonchev–Trinajstić information content (AvgIpc) is 2.77. The summed E-state index contributed by atoms with van der Waals surface area (Å²) in [6.45, 7) is 5.90. The Morgan fingerprint density at radius 3 is 2.77 bits per heavy atom. The number of aryl methyl sites for hydroxylation is 1. The molecule has 3 rings (SSSR count). The second-order valence-electron chi connectivity index (χ2n) is 7.50. The van der Waals surface area contributed by atoms with Crippen LogP contribution in [0.5, 0.6) is 5.88 Å². The highest BCUT2D eigenvalue weighted by Gasteiger charge is 2.14. The van der Waals surface area contributed by atoms with Crippen molar-refractivity contribution in [1.29, 1.82) is 0 Å². The number of carbonyl (C=O) groups excluding carboxylic acids is 1. The van der Waals surface area contributed by atoms with Crippen LogP contribution in [0.2, 0.25) is 0 Å². The molecule has 1 aliphatic heterocycles. The van der Waals surface area contributed by atoms with Gasteiger partial charge in [0, 0.05) is 45.2 Å². The Kier molecular flexibility index (Phi) is 8.23. The molecule has 1 saturated heterocycles. The normalized spacial score (nSPS) is 14.0. The number of carbonyl (C=O) groups is 1. The number of ether oxygens (including phenoxy) is 3. The summed E-state index contributed by atoms with van der Waals surface area (Å²) in [6.07, 6.45) is 1.46. The van der Waals surface area contributed by atoms with E-state index in [2.05, 4.69) is 33.9 Å². The molecule has 1 aliphatic rings. The second-order valence-corrected chi connectivity index (χ2v) is 7.50. The molecule has 1 fully saturated rings. The number of benzene rings is 1. The SMILES string of the molecule is Cc1cccc(C=NCc2cc(N3CCOCC3)cc(OCCOC(=O)N(C)C)n2)c1. The summed E-state index contributed by atoms with van der Waals surface area (Å²) in [5.41, 5.74) is 4.10. The fraction of sp³-hybridized carbons (Fsp3) is 0.435. The molecule has 0 aliphatic carbocycles. The number of morpholine rings is 1. The second kappa shape index (κ2) is 11.3. The third kappa shape index (κ3) is 7.25. The van der Waals surface area contributed by atoms with Crippen molar-refractivity contribution in [3.05, 3.63) is 53.2 Å². The first-order chi connectivity index (χ1) is 15.0. The van der Waals surface area contributed by atoms with Crippen molar-refractivity contribution in [2.45, 2.75) is 13.5 Å². The number of hydrogen-bond donors (Lipinski definition) is 0. The highest BCUT2D eigenvalue weighted by Crippen LogP contribution is 2.23. The molecule has 0 spiro atoms. The molecule has 0 unspecified atom stereocenters. The average molecular weight is 427 g/mol. The van der Waals surface area contributed by atoms with E-state index in [0.717, 1.165) is 30.0 Å². The van der Waals surface area contributed by atoms with Gasteiger partial charge in [0.05, 0.1) is 25.5 Å². The van der Waals surface area contributed by atoms with Crippen LogP contribution in [0.3, 0.4) is 0 Å². The zero-order chi connectivity index (χ0) is 22.1. The first-order valence-electron chi connectivity index (χ1n) is 10.4. The summed E-state index contributed by atoms with van der Waals surface area (Å²) in [5, 5.41) is 0. The number of anilines is 1. The Bertz CT molecular complexity index is 895. The van der Waals surface area contributed by atoms with E-state index in [9.17, 15) is 4.79 Å². The number of aromatic nitrogens is 1. The Balaban J connectivity index is 1.67. The molecular weight excluding hydrogens is 396 g/mol. The lowest BCUT2D eigenvalue weighted by Gasteiger charge is -2.29. The van der Waals surface area contributed by atoms with Crippen LogP contribution in [0.15, 0.2) is 41.4 Å². The largest absolute Gasteiger partial charge is 0.474 e. The van der Waals surface area contributed by atoms with Gasteiger partial charge in [0.1, 0.15) is 13.2 Å². The van der Waals surface area contributed by atoms with Crippen LogP contribution in [0.1, 0.15) is 16.8 Å². The predicted octanol–water partition coefficient (Wildman–Crippen LogP) is 2.92. The van der Waals surface area contributed by atoms with Gasteiger partial charge in [-0.25, -0.2) is 9.78 Å². The van der Waals surface area contributed by atoms with Crippen molar-refractivity contribution in [1.82, 2.24) is 9.88 Å². The Hall–Kier alpha value is -3.13. The van der Waals surface area contributed by atoms with Gasteiger partial charge in [0.2, 0.25) is 5.88 Å². The van der Waals surface area contributed by atoms with E-state index in [1.54, 1.807) is 14.1 Å². The van der Waals surface area contributed by atoms with E-state index in [1.807, 2.05) is 30.5 Å². The first kappa shape index (κ1) is 22.6. The van der Waals surface area contributed by atoms with Gasteiger partial charge in [-0.1, -0.05) is 29.8 Å². The highest BCUT2D eigenvalue weighted by atomic mass is 16.6. The fourth-order valence-electron chi connectivity index (χ4n) is 3.10. The van der Waals surface area contributed by atoms with E-state index >= 15 is 0 Å². The fourth-order valence-corrected chi connectivity index (χ4v) is 3.10. The maximum Gasteiger partial charge on any atom is 0.409 e. The molecule has 1 amide bonds. The monoisotopic (exact) mass is 426 g/mol. The van der Waals surface area contributed by atoms with Crippen LogP contribution >= 0.6 is 0 Å². The number of pyridine rings is 1. The number of rotatable bonds is 8. The molecule has 1 aromatic carbocycles. The van der Waals surface area contributed by atoms with Gasteiger partial charge in [-0.3, -0.25) is 4.99 Å². The molecule has 166 valence electrons. The number of nitrogens with zero attached hydrogens (tertiary/aromatic N) is 4. The van der Waals surface area contributed by atoms with Gasteiger partial charge >= 0.3 is 6.09 Å². The van der Waals surface area contributed by atoms with Crippen LogP contribution in [-0.2, 0) is 16.0 Å². The van der Waals surface area contributed by atoms with Crippen molar-refractivity contribution >= 4 is 18.0 Å². The number of amides is 1. The minimum atomic E-state index is -0.398. The van der Waals surface area contributed by atoms with Crippen LogP contribution < -0.4 is 9.64 Å². The molecule has 0 radical (unpaired) electrons. The third-order valence-electron chi connectivity index (χ3n) is 4.68. The van der Waals surface area contributed by atoms with Gasteiger partial charge in [0.15, 0.2) is 0 Å². The Morgan fingerprint density at radius 1 is 1.23 bits per heavy atom. The maximum absolute atomic E-state index is 11.5. The molecule has 2 aromatic rings. The zero-order valence-electron chi connectivity index (χ0n) is 18.4. The predicted molar refractivity (Wildman–Crippen MR) is 120 cm³/mol. The van der Waals surface area contributed by atoms with Crippen molar-refractivity contribution in [3.8, 4) is 5.88 Å². The topological polar surface area (TPSA) is 76.5 Å². The first-order valence-corrected chi connectivity index (χ1v) is 10.4. The molecule has 0 saturated carbocycles. The molecule has 0 N–H and O–H groups in total. The molecule has 8 heteroatoms. The molecular formula is C23H30N4O4. The molecule has 1 aromatic heterocycles.